The van der Waals surface area contributed by atoms with Crippen LogP contribution in [-0.4, -0.2) is 34.5 Å². The third kappa shape index (κ3) is 2.53. The number of amides is 2. The number of thioether (sulfide) groups is 1. The number of carbonyl (C=O) groups is 2. The average molecular weight is 286 g/mol. The van der Waals surface area contributed by atoms with Gasteiger partial charge in [0.1, 0.15) is 0 Å². The van der Waals surface area contributed by atoms with Crippen LogP contribution in [-0.2, 0) is 9.59 Å². The first kappa shape index (κ1) is 13.4. The lowest BCUT2D eigenvalue weighted by Gasteiger charge is -2.16. The fraction of sp³-hybridized carbons (Fsp3) is 0.333. The van der Waals surface area contributed by atoms with Gasteiger partial charge in [-0.2, -0.15) is 0 Å². The van der Waals surface area contributed by atoms with Gasteiger partial charge in [-0.1, -0.05) is 23.7 Å². The van der Waals surface area contributed by atoms with Crippen molar-refractivity contribution in [2.45, 2.75) is 11.7 Å². The number of carbonyl (C=O) groups excluding carboxylic acids is 2. The Morgan fingerprint density at radius 2 is 2.11 bits per heavy atom. The summed E-state index contributed by atoms with van der Waals surface area (Å²) in [5, 5.41) is 8.72. The van der Waals surface area contributed by atoms with Crippen molar-refractivity contribution >= 4 is 40.9 Å². The summed E-state index contributed by atoms with van der Waals surface area (Å²) in [5.41, 5.74) is 0.432. The largest absolute Gasteiger partial charge is 0.396 e. The normalized spacial score (nSPS) is 19.7. The van der Waals surface area contributed by atoms with E-state index in [1.54, 1.807) is 24.3 Å². The number of para-hydroxylation sites is 1. The number of halogens is 1. The van der Waals surface area contributed by atoms with Crippen molar-refractivity contribution < 1.29 is 14.7 Å². The standard InChI is InChI=1S/C12H12ClNO3S/c13-8-3-1-2-4-9(8)14-11(16)7-10(12(14)17)18-6-5-15/h1-4,10,15H,5-7H2. The van der Waals surface area contributed by atoms with Crippen molar-refractivity contribution in [1.82, 2.24) is 0 Å². The van der Waals surface area contributed by atoms with Gasteiger partial charge in [0.25, 0.3) is 0 Å². The predicted molar refractivity (Wildman–Crippen MR) is 71.9 cm³/mol. The summed E-state index contributed by atoms with van der Waals surface area (Å²) in [5.74, 6) is -0.0601. The third-order valence-corrected chi connectivity index (χ3v) is 4.12. The van der Waals surface area contributed by atoms with Crippen molar-refractivity contribution in [3.63, 3.8) is 0 Å². The van der Waals surface area contributed by atoms with Gasteiger partial charge in [0.05, 0.1) is 22.6 Å². The molecule has 1 aromatic rings. The van der Waals surface area contributed by atoms with E-state index >= 15 is 0 Å². The summed E-state index contributed by atoms with van der Waals surface area (Å²) in [6.45, 7) is -0.00523. The zero-order valence-corrected chi connectivity index (χ0v) is 11.1. The van der Waals surface area contributed by atoms with Gasteiger partial charge in [-0.25, -0.2) is 4.90 Å². The number of hydrogen-bond acceptors (Lipinski definition) is 4. The average Bonchev–Trinajstić information content (AvgIpc) is 2.63. The third-order valence-electron chi connectivity index (χ3n) is 2.61. The molecule has 1 N–H and O–H groups in total. The van der Waals surface area contributed by atoms with Crippen molar-refractivity contribution in [1.29, 1.82) is 0 Å². The topological polar surface area (TPSA) is 57.6 Å². The highest BCUT2D eigenvalue weighted by molar-refractivity contribution is 8.00. The van der Waals surface area contributed by atoms with Crippen LogP contribution < -0.4 is 4.90 Å². The minimum atomic E-state index is -0.416. The van der Waals surface area contributed by atoms with Crippen LogP contribution in [0.25, 0.3) is 0 Å². The van der Waals surface area contributed by atoms with Crippen molar-refractivity contribution in [2.75, 3.05) is 17.3 Å². The van der Waals surface area contributed by atoms with E-state index in [0.717, 1.165) is 4.90 Å². The van der Waals surface area contributed by atoms with Crippen LogP contribution >= 0.6 is 23.4 Å². The summed E-state index contributed by atoms with van der Waals surface area (Å²) < 4.78 is 0. The Hall–Kier alpha value is -1.04. The molecule has 1 atom stereocenters. The minimum Gasteiger partial charge on any atom is -0.396 e. The Bertz CT molecular complexity index is 480. The number of aliphatic hydroxyl groups excluding tert-OH is 1. The maximum Gasteiger partial charge on any atom is 0.247 e. The summed E-state index contributed by atoms with van der Waals surface area (Å²) in [6.07, 6.45) is 0.161. The Morgan fingerprint density at radius 3 is 2.78 bits per heavy atom. The van der Waals surface area contributed by atoms with Crippen LogP contribution in [0, 0.1) is 0 Å². The number of rotatable bonds is 4. The molecule has 6 heteroatoms. The van der Waals surface area contributed by atoms with E-state index in [0.29, 0.717) is 16.5 Å². The van der Waals surface area contributed by atoms with E-state index in [2.05, 4.69) is 0 Å². The number of hydrogen-bond donors (Lipinski definition) is 1. The first-order chi connectivity index (χ1) is 8.65. The minimum absolute atomic E-state index is 0.00523. The highest BCUT2D eigenvalue weighted by atomic mass is 35.5. The summed E-state index contributed by atoms with van der Waals surface area (Å²) in [4.78, 5) is 25.1. The molecule has 0 bridgehead atoms. The van der Waals surface area contributed by atoms with Gasteiger partial charge in [0.2, 0.25) is 11.8 Å². The van der Waals surface area contributed by atoms with Gasteiger partial charge in [0, 0.05) is 12.2 Å². The molecule has 2 amide bonds. The maximum atomic E-state index is 12.1. The van der Waals surface area contributed by atoms with Gasteiger partial charge in [0.15, 0.2) is 0 Å². The van der Waals surface area contributed by atoms with E-state index < -0.39 is 5.25 Å². The summed E-state index contributed by atoms with van der Waals surface area (Å²) >= 11 is 7.29. The number of nitrogens with zero attached hydrogens (tertiary/aromatic N) is 1. The van der Waals surface area contributed by atoms with Crippen LogP contribution in [0.2, 0.25) is 5.02 Å². The van der Waals surface area contributed by atoms with E-state index in [1.165, 1.54) is 11.8 Å². The SMILES string of the molecule is O=C1CC(SCCO)C(=O)N1c1ccccc1Cl. The fourth-order valence-corrected chi connectivity index (χ4v) is 2.93. The molecule has 0 saturated carbocycles. The zero-order chi connectivity index (χ0) is 13.1. The summed E-state index contributed by atoms with van der Waals surface area (Å²) in [7, 11) is 0. The van der Waals surface area contributed by atoms with Gasteiger partial charge >= 0.3 is 0 Å². The second kappa shape index (κ2) is 5.73. The van der Waals surface area contributed by atoms with Crippen LogP contribution in [0.4, 0.5) is 5.69 Å². The molecular formula is C12H12ClNO3S. The maximum absolute atomic E-state index is 12.1. The monoisotopic (exact) mass is 285 g/mol. The molecule has 0 radical (unpaired) electrons. The van der Waals surface area contributed by atoms with Crippen LogP contribution in [0.3, 0.4) is 0 Å². The molecule has 1 aliphatic heterocycles. The van der Waals surface area contributed by atoms with Crippen LogP contribution in [0.15, 0.2) is 24.3 Å². The number of imide groups is 1. The van der Waals surface area contributed by atoms with Crippen LogP contribution in [0.1, 0.15) is 6.42 Å². The molecule has 0 aliphatic carbocycles. The Kier molecular flexibility index (Phi) is 4.27. The van der Waals surface area contributed by atoms with E-state index in [4.69, 9.17) is 16.7 Å². The molecule has 1 unspecified atom stereocenters. The molecule has 96 valence electrons. The second-order valence-corrected chi connectivity index (χ2v) is 5.52. The predicted octanol–water partition coefficient (Wildman–Crippen LogP) is 1.70. The molecule has 1 heterocycles. The molecule has 1 fully saturated rings. The Balaban J connectivity index is 2.22. The lowest BCUT2D eigenvalue weighted by atomic mass is 10.3. The van der Waals surface area contributed by atoms with Crippen molar-refractivity contribution in [3.8, 4) is 0 Å². The van der Waals surface area contributed by atoms with Crippen molar-refractivity contribution in [3.05, 3.63) is 29.3 Å². The Labute approximate surface area is 114 Å². The first-order valence-electron chi connectivity index (χ1n) is 5.49. The highest BCUT2D eigenvalue weighted by Gasteiger charge is 2.40. The molecule has 2 rings (SSSR count). The fourth-order valence-electron chi connectivity index (χ4n) is 1.82. The molecule has 0 aromatic heterocycles. The molecule has 18 heavy (non-hydrogen) atoms. The van der Waals surface area contributed by atoms with E-state index in [9.17, 15) is 9.59 Å². The number of aliphatic hydroxyl groups is 1. The molecular weight excluding hydrogens is 274 g/mol. The second-order valence-electron chi connectivity index (χ2n) is 3.81. The van der Waals surface area contributed by atoms with Gasteiger partial charge in [-0.05, 0) is 12.1 Å². The van der Waals surface area contributed by atoms with Gasteiger partial charge < -0.3 is 5.11 Å². The lowest BCUT2D eigenvalue weighted by molar-refractivity contribution is -0.121. The highest BCUT2D eigenvalue weighted by Crippen LogP contribution is 2.33. The van der Waals surface area contributed by atoms with E-state index in [-0.39, 0.29) is 24.8 Å². The molecule has 0 spiro atoms. The summed E-state index contributed by atoms with van der Waals surface area (Å²) in [6, 6.07) is 6.77. The quantitative estimate of drug-likeness (QED) is 0.856. The Morgan fingerprint density at radius 1 is 1.39 bits per heavy atom. The van der Waals surface area contributed by atoms with E-state index in [1.807, 2.05) is 0 Å². The van der Waals surface area contributed by atoms with Gasteiger partial charge in [-0.15, -0.1) is 11.8 Å². The molecule has 1 aromatic carbocycles. The molecule has 1 aliphatic rings. The van der Waals surface area contributed by atoms with Crippen molar-refractivity contribution in [2.24, 2.45) is 0 Å². The number of benzene rings is 1. The zero-order valence-electron chi connectivity index (χ0n) is 9.51. The molecule has 4 nitrogen and oxygen atoms in total. The molecule has 1 saturated heterocycles. The van der Waals surface area contributed by atoms with Gasteiger partial charge in [-0.3, -0.25) is 9.59 Å². The van der Waals surface area contributed by atoms with Crippen LogP contribution in [0.5, 0.6) is 0 Å². The smallest absolute Gasteiger partial charge is 0.247 e. The first-order valence-corrected chi connectivity index (χ1v) is 6.91. The number of anilines is 1. The lowest BCUT2D eigenvalue weighted by Crippen LogP contribution is -2.31.